The van der Waals surface area contributed by atoms with E-state index >= 15 is 0 Å². The molecule has 1 aliphatic carbocycles. The number of hydrogen-bond acceptors (Lipinski definition) is 4. The van der Waals surface area contributed by atoms with Crippen LogP contribution in [-0.2, 0) is 11.2 Å². The lowest BCUT2D eigenvalue weighted by molar-refractivity contribution is -0.116. The Bertz CT molecular complexity index is 1300. The van der Waals surface area contributed by atoms with Crippen LogP contribution in [0.3, 0.4) is 0 Å². The molecule has 36 heavy (non-hydrogen) atoms. The molecule has 1 aliphatic rings. The first-order valence-electron chi connectivity index (χ1n) is 13.3. The first-order chi connectivity index (χ1) is 17.2. The molecular weight excluding hydrogens is 450 g/mol. The molecule has 0 unspecified atom stereocenters. The first-order valence-corrected chi connectivity index (χ1v) is 13.3. The molecule has 0 spiro atoms. The number of hydrogen-bond donors (Lipinski definition) is 2. The van der Waals surface area contributed by atoms with E-state index in [1.54, 1.807) is 10.6 Å². The number of amides is 1. The number of aromatic nitrogens is 4. The van der Waals surface area contributed by atoms with Crippen molar-refractivity contribution in [3.63, 3.8) is 0 Å². The molecule has 1 aromatic carbocycles. The van der Waals surface area contributed by atoms with E-state index in [2.05, 4.69) is 31.1 Å². The molecule has 1 amide bonds. The minimum Gasteiger partial charge on any atom is -0.353 e. The van der Waals surface area contributed by atoms with Crippen molar-refractivity contribution in [2.75, 3.05) is 6.54 Å². The van der Waals surface area contributed by atoms with Crippen molar-refractivity contribution in [3.8, 4) is 11.4 Å². The van der Waals surface area contributed by atoms with Gasteiger partial charge in [-0.05, 0) is 67.6 Å². The highest BCUT2D eigenvalue weighted by atomic mass is 16.1. The van der Waals surface area contributed by atoms with Gasteiger partial charge in [0.25, 0.3) is 5.56 Å². The number of fused-ring (bicyclic) bond motifs is 1. The first kappa shape index (κ1) is 25.9. The average Bonchev–Trinajstić information content (AvgIpc) is 3.25. The Hall–Kier alpha value is -3.22. The fourth-order valence-electron chi connectivity index (χ4n) is 5.22. The third-order valence-corrected chi connectivity index (χ3v) is 7.39. The molecule has 0 saturated heterocycles. The van der Waals surface area contributed by atoms with Crippen LogP contribution in [0.4, 0.5) is 0 Å². The molecule has 0 radical (unpaired) electrons. The predicted octanol–water partition coefficient (Wildman–Crippen LogP) is 5.51. The van der Waals surface area contributed by atoms with E-state index < -0.39 is 0 Å². The number of nitrogens with zero attached hydrogens (tertiary/aromatic N) is 3. The van der Waals surface area contributed by atoms with E-state index in [4.69, 9.17) is 10.1 Å². The number of rotatable bonds is 7. The number of imidazole rings is 1. The van der Waals surface area contributed by atoms with E-state index in [0.717, 1.165) is 41.9 Å². The molecule has 7 heteroatoms. The molecule has 4 rings (SSSR count). The zero-order chi connectivity index (χ0) is 25.9. The maximum absolute atomic E-state index is 13.2. The third kappa shape index (κ3) is 5.61. The Kier molecular flexibility index (Phi) is 7.76. The molecular formula is C29H39N5O2. The van der Waals surface area contributed by atoms with Gasteiger partial charge in [-0.1, -0.05) is 52.8 Å². The summed E-state index contributed by atoms with van der Waals surface area (Å²) in [5.74, 6) is 2.30. The summed E-state index contributed by atoms with van der Waals surface area (Å²) in [5.41, 5.74) is 3.16. The molecule has 2 N–H and O–H groups in total. The van der Waals surface area contributed by atoms with Crippen LogP contribution in [0.2, 0.25) is 0 Å². The number of carbonyl (C=O) groups excluding carboxylic acids is 1. The summed E-state index contributed by atoms with van der Waals surface area (Å²) in [7, 11) is 0. The Morgan fingerprint density at radius 2 is 1.94 bits per heavy atom. The maximum atomic E-state index is 13.2. The molecule has 7 nitrogen and oxygen atoms in total. The number of aromatic amines is 1. The smallest absolute Gasteiger partial charge is 0.277 e. The van der Waals surface area contributed by atoms with Gasteiger partial charge in [0.15, 0.2) is 11.3 Å². The molecule has 2 aromatic heterocycles. The van der Waals surface area contributed by atoms with Crippen molar-refractivity contribution >= 4 is 17.5 Å². The predicted molar refractivity (Wildman–Crippen MR) is 145 cm³/mol. The summed E-state index contributed by atoms with van der Waals surface area (Å²) in [5, 5.41) is 7.73. The van der Waals surface area contributed by atoms with E-state index in [1.807, 2.05) is 38.1 Å². The van der Waals surface area contributed by atoms with Crippen LogP contribution >= 0.6 is 0 Å². The highest BCUT2D eigenvalue weighted by Gasteiger charge is 2.32. The quantitative estimate of drug-likeness (QED) is 0.428. The molecule has 3 aromatic rings. The highest BCUT2D eigenvalue weighted by Crippen LogP contribution is 2.43. The Balaban J connectivity index is 1.67. The Morgan fingerprint density at radius 1 is 1.19 bits per heavy atom. The van der Waals surface area contributed by atoms with Gasteiger partial charge in [-0.25, -0.2) is 9.50 Å². The Labute approximate surface area is 213 Å². The summed E-state index contributed by atoms with van der Waals surface area (Å²) in [6.07, 6.45) is 9.35. The molecule has 0 aliphatic heterocycles. The van der Waals surface area contributed by atoms with Crippen LogP contribution in [0.5, 0.6) is 0 Å². The van der Waals surface area contributed by atoms with Crippen LogP contribution in [-0.4, -0.2) is 32.0 Å². The maximum Gasteiger partial charge on any atom is 0.277 e. The lowest BCUT2D eigenvalue weighted by Crippen LogP contribution is -2.26. The van der Waals surface area contributed by atoms with Crippen LogP contribution in [0, 0.1) is 11.3 Å². The van der Waals surface area contributed by atoms with Crippen LogP contribution in [0.15, 0.2) is 35.1 Å². The molecule has 1 saturated carbocycles. The minimum atomic E-state index is -0.168. The second-order valence-corrected chi connectivity index (χ2v) is 11.0. The highest BCUT2D eigenvalue weighted by molar-refractivity contribution is 5.91. The van der Waals surface area contributed by atoms with E-state index in [0.29, 0.717) is 41.6 Å². The third-order valence-electron chi connectivity index (χ3n) is 7.39. The minimum absolute atomic E-state index is 0.119. The Morgan fingerprint density at radius 3 is 2.61 bits per heavy atom. The van der Waals surface area contributed by atoms with Crippen molar-refractivity contribution < 1.29 is 4.79 Å². The number of benzene rings is 1. The average molecular weight is 490 g/mol. The van der Waals surface area contributed by atoms with Gasteiger partial charge in [-0.2, -0.15) is 0 Å². The van der Waals surface area contributed by atoms with Gasteiger partial charge in [0.2, 0.25) is 5.91 Å². The topological polar surface area (TPSA) is 92.2 Å². The SMILES string of the molecule is CCCNC(=O)C=Cc1cccc(-c2nn3c(C4CCC(C(C)(C)C)CC4)nc(CC)c3c(=O)[nH]2)c1. The van der Waals surface area contributed by atoms with Crippen LogP contribution < -0.4 is 10.9 Å². The fraction of sp³-hybridized carbons (Fsp3) is 0.517. The van der Waals surface area contributed by atoms with E-state index in [1.165, 1.54) is 18.9 Å². The standard InChI is InChI=1S/C29H39N5O2/c1-6-17-30-24(35)16-11-19-9-8-10-21(18-19)26-32-28(36)25-23(7-2)31-27(34(25)33-26)20-12-14-22(15-13-20)29(3,4)5/h8-11,16,18,20,22H,6-7,12-15,17H2,1-5H3,(H,30,35)(H,32,33,36). The summed E-state index contributed by atoms with van der Waals surface area (Å²) < 4.78 is 1.80. The van der Waals surface area contributed by atoms with Crippen molar-refractivity contribution in [2.24, 2.45) is 11.3 Å². The van der Waals surface area contributed by atoms with Crippen molar-refractivity contribution in [3.05, 3.63) is 57.8 Å². The lowest BCUT2D eigenvalue weighted by Gasteiger charge is -2.36. The summed E-state index contributed by atoms with van der Waals surface area (Å²) in [6.45, 7) is 11.7. The molecule has 192 valence electrons. The van der Waals surface area contributed by atoms with Gasteiger partial charge in [0, 0.05) is 24.1 Å². The summed E-state index contributed by atoms with van der Waals surface area (Å²) in [4.78, 5) is 33.1. The fourth-order valence-corrected chi connectivity index (χ4v) is 5.22. The van der Waals surface area contributed by atoms with E-state index in [9.17, 15) is 9.59 Å². The van der Waals surface area contributed by atoms with Gasteiger partial charge in [-0.3, -0.25) is 9.59 Å². The molecule has 0 bridgehead atoms. The van der Waals surface area contributed by atoms with Gasteiger partial charge >= 0.3 is 0 Å². The lowest BCUT2D eigenvalue weighted by atomic mass is 9.70. The molecule has 1 fully saturated rings. The van der Waals surface area contributed by atoms with Crippen molar-refractivity contribution in [2.45, 2.75) is 79.1 Å². The van der Waals surface area contributed by atoms with Gasteiger partial charge in [0.1, 0.15) is 5.82 Å². The molecule has 0 atom stereocenters. The zero-order valence-corrected chi connectivity index (χ0v) is 22.2. The van der Waals surface area contributed by atoms with Gasteiger partial charge < -0.3 is 10.3 Å². The second kappa shape index (κ2) is 10.8. The van der Waals surface area contributed by atoms with Crippen molar-refractivity contribution in [1.29, 1.82) is 0 Å². The van der Waals surface area contributed by atoms with Crippen molar-refractivity contribution in [1.82, 2.24) is 24.9 Å². The number of aryl methyl sites for hydroxylation is 1. The number of carbonyl (C=O) groups is 1. The molecule has 2 heterocycles. The van der Waals surface area contributed by atoms with Crippen LogP contribution in [0.1, 0.15) is 89.7 Å². The normalized spacial score (nSPS) is 18.7. The van der Waals surface area contributed by atoms with E-state index in [-0.39, 0.29) is 11.5 Å². The zero-order valence-electron chi connectivity index (χ0n) is 22.2. The van der Waals surface area contributed by atoms with Crippen LogP contribution in [0.25, 0.3) is 23.0 Å². The largest absolute Gasteiger partial charge is 0.353 e. The second-order valence-electron chi connectivity index (χ2n) is 11.0. The monoisotopic (exact) mass is 489 g/mol. The van der Waals surface area contributed by atoms with Gasteiger partial charge in [-0.15, -0.1) is 5.10 Å². The number of nitrogens with one attached hydrogen (secondary N) is 2. The summed E-state index contributed by atoms with van der Waals surface area (Å²) >= 11 is 0. The number of H-pyrrole nitrogens is 1. The van der Waals surface area contributed by atoms with Gasteiger partial charge in [0.05, 0.1) is 5.69 Å². The summed E-state index contributed by atoms with van der Waals surface area (Å²) in [6, 6.07) is 7.68.